The Kier molecular flexibility index (Phi) is 7.01. The Morgan fingerprint density at radius 2 is 1.82 bits per heavy atom. The number of hydrogen-bond donors (Lipinski definition) is 2. The monoisotopic (exact) mass is 454 g/mol. The molecule has 0 spiro atoms. The quantitative estimate of drug-likeness (QED) is 0.525. The van der Waals surface area contributed by atoms with E-state index in [2.05, 4.69) is 9.72 Å². The largest absolute Gasteiger partial charge is 0.506 e. The first-order valence-electron chi connectivity index (χ1n) is 10.4. The molecule has 0 radical (unpaired) electrons. The second-order valence-electron chi connectivity index (χ2n) is 8.09. The van der Waals surface area contributed by atoms with Crippen molar-refractivity contribution in [3.63, 3.8) is 0 Å². The number of carbonyl (C=O) groups is 2. The van der Waals surface area contributed by atoms with Crippen LogP contribution in [0.3, 0.4) is 0 Å². The lowest BCUT2D eigenvalue weighted by Crippen LogP contribution is -2.31. The molecule has 0 saturated carbocycles. The molecule has 1 unspecified atom stereocenters. The second-order valence-corrected chi connectivity index (χ2v) is 8.09. The summed E-state index contributed by atoms with van der Waals surface area (Å²) in [4.78, 5) is 53.2. The van der Waals surface area contributed by atoms with Gasteiger partial charge in [-0.1, -0.05) is 32.0 Å². The van der Waals surface area contributed by atoms with Crippen molar-refractivity contribution in [3.8, 4) is 5.75 Å². The van der Waals surface area contributed by atoms with E-state index in [0.29, 0.717) is 12.1 Å². The minimum Gasteiger partial charge on any atom is -0.506 e. The van der Waals surface area contributed by atoms with Crippen LogP contribution in [0.4, 0.5) is 0 Å². The summed E-state index contributed by atoms with van der Waals surface area (Å²) in [6, 6.07) is 8.87. The van der Waals surface area contributed by atoms with Gasteiger partial charge in [-0.05, 0) is 23.4 Å². The molecule has 0 fully saturated rings. The standard InChI is InChI=1S/C24H26N2O7/c1-13(2)12-26-18-8-6-5-7-14(18)9-16(23(26)30)15(10-19(27)32-3)20-21(28)17(24(31)33-4)11-25-22(20)29/h5-9,11,13,15H,10,12H2,1-4H3,(H2,25,28,29). The van der Waals surface area contributed by atoms with Crippen molar-refractivity contribution >= 4 is 22.8 Å². The molecular formula is C24H26N2O7. The maximum absolute atomic E-state index is 13.6. The van der Waals surface area contributed by atoms with Gasteiger partial charge in [-0.2, -0.15) is 0 Å². The maximum Gasteiger partial charge on any atom is 0.343 e. The van der Waals surface area contributed by atoms with Crippen LogP contribution in [0.1, 0.15) is 47.7 Å². The number of fused-ring (bicyclic) bond motifs is 1. The van der Waals surface area contributed by atoms with Crippen LogP contribution in [0, 0.1) is 5.92 Å². The van der Waals surface area contributed by atoms with E-state index in [1.54, 1.807) is 10.6 Å². The summed E-state index contributed by atoms with van der Waals surface area (Å²) in [5, 5.41) is 11.6. The van der Waals surface area contributed by atoms with Crippen molar-refractivity contribution in [2.75, 3.05) is 14.2 Å². The molecule has 0 aliphatic heterocycles. The third-order valence-electron chi connectivity index (χ3n) is 5.41. The lowest BCUT2D eigenvalue weighted by atomic mass is 9.87. The van der Waals surface area contributed by atoms with E-state index in [-0.39, 0.29) is 22.6 Å². The Morgan fingerprint density at radius 1 is 1.12 bits per heavy atom. The highest BCUT2D eigenvalue weighted by Crippen LogP contribution is 2.33. The molecule has 9 heteroatoms. The fourth-order valence-corrected chi connectivity index (χ4v) is 3.89. The summed E-state index contributed by atoms with van der Waals surface area (Å²) in [5.41, 5.74) is -0.881. The van der Waals surface area contributed by atoms with Gasteiger partial charge in [-0.15, -0.1) is 0 Å². The number of aromatic hydroxyl groups is 1. The van der Waals surface area contributed by atoms with Gasteiger partial charge in [-0.3, -0.25) is 14.4 Å². The van der Waals surface area contributed by atoms with Gasteiger partial charge in [0.2, 0.25) is 0 Å². The molecule has 1 atom stereocenters. The van der Waals surface area contributed by atoms with Gasteiger partial charge in [0.25, 0.3) is 11.1 Å². The number of methoxy groups -OCH3 is 2. The Balaban J connectivity index is 2.37. The molecule has 33 heavy (non-hydrogen) atoms. The number of rotatable bonds is 7. The molecule has 2 heterocycles. The Labute approximate surface area is 189 Å². The number of aromatic amines is 1. The van der Waals surface area contributed by atoms with E-state index >= 15 is 0 Å². The van der Waals surface area contributed by atoms with E-state index in [4.69, 9.17) is 4.74 Å². The number of nitrogens with one attached hydrogen (secondary N) is 1. The van der Waals surface area contributed by atoms with Gasteiger partial charge < -0.3 is 24.1 Å². The van der Waals surface area contributed by atoms with Crippen molar-refractivity contribution in [2.24, 2.45) is 5.92 Å². The smallest absolute Gasteiger partial charge is 0.343 e. The molecule has 0 amide bonds. The zero-order valence-electron chi connectivity index (χ0n) is 18.9. The topological polar surface area (TPSA) is 128 Å². The fourth-order valence-electron chi connectivity index (χ4n) is 3.89. The molecule has 9 nitrogen and oxygen atoms in total. The minimum atomic E-state index is -1.17. The van der Waals surface area contributed by atoms with Crippen molar-refractivity contribution in [1.29, 1.82) is 0 Å². The number of para-hydroxylation sites is 1. The summed E-state index contributed by atoms with van der Waals surface area (Å²) >= 11 is 0. The van der Waals surface area contributed by atoms with E-state index < -0.39 is 41.1 Å². The second kappa shape index (κ2) is 9.72. The van der Waals surface area contributed by atoms with Crippen LogP contribution in [0.15, 0.2) is 46.1 Å². The Hall–Kier alpha value is -3.88. The predicted octanol–water partition coefficient (Wildman–Crippen LogP) is 2.53. The summed E-state index contributed by atoms with van der Waals surface area (Å²) in [5.74, 6) is -3.24. The highest BCUT2D eigenvalue weighted by atomic mass is 16.5. The van der Waals surface area contributed by atoms with Crippen LogP contribution in [-0.2, 0) is 20.8 Å². The maximum atomic E-state index is 13.6. The van der Waals surface area contributed by atoms with Crippen LogP contribution < -0.4 is 11.1 Å². The number of esters is 2. The van der Waals surface area contributed by atoms with E-state index in [1.165, 1.54) is 7.11 Å². The van der Waals surface area contributed by atoms with Crippen LogP contribution in [0.5, 0.6) is 5.75 Å². The van der Waals surface area contributed by atoms with E-state index in [1.807, 2.05) is 38.1 Å². The molecule has 3 aromatic rings. The number of nitrogens with zero attached hydrogens (tertiary/aromatic N) is 1. The molecule has 174 valence electrons. The normalized spacial score (nSPS) is 12.0. The number of ether oxygens (including phenoxy) is 2. The first-order chi connectivity index (χ1) is 15.7. The molecule has 3 rings (SSSR count). The Bertz CT molecular complexity index is 1320. The number of H-pyrrole nitrogens is 1. The van der Waals surface area contributed by atoms with E-state index in [9.17, 15) is 24.3 Å². The number of aromatic nitrogens is 2. The third-order valence-corrected chi connectivity index (χ3v) is 5.41. The van der Waals surface area contributed by atoms with Gasteiger partial charge >= 0.3 is 11.9 Å². The van der Waals surface area contributed by atoms with Gasteiger partial charge in [0.15, 0.2) is 0 Å². The average Bonchev–Trinajstić information content (AvgIpc) is 2.79. The number of hydrogen-bond acceptors (Lipinski definition) is 7. The van der Waals surface area contributed by atoms with Gasteiger partial charge in [0.05, 0.1) is 31.7 Å². The number of carbonyl (C=O) groups excluding carboxylic acids is 2. The molecule has 1 aromatic carbocycles. The predicted molar refractivity (Wildman–Crippen MR) is 122 cm³/mol. The van der Waals surface area contributed by atoms with Gasteiger partial charge in [0, 0.05) is 24.2 Å². The average molecular weight is 454 g/mol. The summed E-state index contributed by atoms with van der Waals surface area (Å²) < 4.78 is 11.0. The molecule has 0 bridgehead atoms. The molecule has 0 aliphatic rings. The summed E-state index contributed by atoms with van der Waals surface area (Å²) in [6.45, 7) is 4.34. The minimum absolute atomic E-state index is 0.127. The van der Waals surface area contributed by atoms with E-state index in [0.717, 1.165) is 18.7 Å². The first kappa shape index (κ1) is 23.8. The highest BCUT2D eigenvalue weighted by Gasteiger charge is 2.31. The lowest BCUT2D eigenvalue weighted by Gasteiger charge is -2.21. The summed E-state index contributed by atoms with van der Waals surface area (Å²) in [7, 11) is 2.32. The first-order valence-corrected chi connectivity index (χ1v) is 10.4. The fraction of sp³-hybridized carbons (Fsp3) is 0.333. The van der Waals surface area contributed by atoms with Crippen LogP contribution in [-0.4, -0.2) is 40.8 Å². The van der Waals surface area contributed by atoms with Crippen molar-refractivity contribution in [3.05, 3.63) is 73.9 Å². The molecule has 2 N–H and O–H groups in total. The Morgan fingerprint density at radius 3 is 2.45 bits per heavy atom. The zero-order valence-corrected chi connectivity index (χ0v) is 18.9. The van der Waals surface area contributed by atoms with Crippen molar-refractivity contribution in [2.45, 2.75) is 32.7 Å². The molecule has 0 aliphatic carbocycles. The highest BCUT2D eigenvalue weighted by molar-refractivity contribution is 5.92. The number of pyridine rings is 2. The molecular weight excluding hydrogens is 428 g/mol. The van der Waals surface area contributed by atoms with Crippen LogP contribution in [0.25, 0.3) is 10.9 Å². The van der Waals surface area contributed by atoms with Gasteiger partial charge in [-0.25, -0.2) is 4.79 Å². The third kappa shape index (κ3) is 4.67. The number of benzene rings is 1. The zero-order chi connectivity index (χ0) is 24.3. The van der Waals surface area contributed by atoms with Crippen molar-refractivity contribution in [1.82, 2.24) is 9.55 Å². The van der Waals surface area contributed by atoms with Gasteiger partial charge in [0.1, 0.15) is 11.3 Å². The SMILES string of the molecule is COC(=O)CC(c1c(O)c(C(=O)OC)c[nH]c1=O)c1cc2ccccc2n(CC(C)C)c1=O. The van der Waals surface area contributed by atoms with Crippen LogP contribution in [0.2, 0.25) is 0 Å². The van der Waals surface area contributed by atoms with Crippen LogP contribution >= 0.6 is 0 Å². The molecule has 0 saturated heterocycles. The lowest BCUT2D eigenvalue weighted by molar-refractivity contribution is -0.140. The molecule has 2 aromatic heterocycles. The summed E-state index contributed by atoms with van der Waals surface area (Å²) in [6.07, 6.45) is 0.632. The van der Waals surface area contributed by atoms with Crippen molar-refractivity contribution < 1.29 is 24.2 Å².